The van der Waals surface area contributed by atoms with Gasteiger partial charge in [-0.15, -0.1) is 0 Å². The van der Waals surface area contributed by atoms with Gasteiger partial charge in [0.15, 0.2) is 0 Å². The lowest BCUT2D eigenvalue weighted by Gasteiger charge is -2.37. The first kappa shape index (κ1) is 12.4. The lowest BCUT2D eigenvalue weighted by Crippen LogP contribution is -2.46. The first-order chi connectivity index (χ1) is 8.63. The Labute approximate surface area is 112 Å². The molecule has 1 aromatic carbocycles. The standard InChI is InChI=1S/C14H18ClFN2/c15-13-5-9(1-4-14(13)16)8-18-11-2-3-12(18)7-10(17)6-11/h1,4-5,10-12H,2-3,6-8,17H2. The quantitative estimate of drug-likeness (QED) is 0.894. The third-order valence-electron chi connectivity index (χ3n) is 4.27. The zero-order chi connectivity index (χ0) is 12.7. The molecule has 18 heavy (non-hydrogen) atoms. The predicted molar refractivity (Wildman–Crippen MR) is 71.0 cm³/mol. The van der Waals surface area contributed by atoms with Crippen LogP contribution in [0.5, 0.6) is 0 Å². The number of hydrogen-bond acceptors (Lipinski definition) is 2. The molecule has 0 radical (unpaired) electrons. The molecule has 2 aliphatic rings. The largest absolute Gasteiger partial charge is 0.328 e. The number of rotatable bonds is 2. The van der Waals surface area contributed by atoms with Crippen molar-refractivity contribution in [3.63, 3.8) is 0 Å². The molecule has 2 atom stereocenters. The third kappa shape index (κ3) is 2.27. The van der Waals surface area contributed by atoms with Gasteiger partial charge in [-0.05, 0) is 43.4 Å². The molecule has 4 heteroatoms. The van der Waals surface area contributed by atoms with Crippen LogP contribution in [0.2, 0.25) is 5.02 Å². The molecule has 2 heterocycles. The molecule has 98 valence electrons. The van der Waals surface area contributed by atoms with Crippen LogP contribution in [0.15, 0.2) is 18.2 Å². The smallest absolute Gasteiger partial charge is 0.141 e. The van der Waals surface area contributed by atoms with Crippen molar-refractivity contribution >= 4 is 11.6 Å². The van der Waals surface area contributed by atoms with Crippen LogP contribution in [0.25, 0.3) is 0 Å². The van der Waals surface area contributed by atoms with E-state index in [0.717, 1.165) is 24.9 Å². The molecule has 0 saturated carbocycles. The molecule has 2 bridgehead atoms. The van der Waals surface area contributed by atoms with E-state index in [0.29, 0.717) is 18.1 Å². The van der Waals surface area contributed by atoms with Gasteiger partial charge in [0.1, 0.15) is 5.82 Å². The van der Waals surface area contributed by atoms with E-state index >= 15 is 0 Å². The number of piperidine rings is 1. The van der Waals surface area contributed by atoms with Gasteiger partial charge >= 0.3 is 0 Å². The van der Waals surface area contributed by atoms with Gasteiger partial charge in [-0.25, -0.2) is 4.39 Å². The summed E-state index contributed by atoms with van der Waals surface area (Å²) in [5.74, 6) is -0.343. The summed E-state index contributed by atoms with van der Waals surface area (Å²) in [6.45, 7) is 0.863. The lowest BCUT2D eigenvalue weighted by molar-refractivity contribution is 0.120. The second-order valence-electron chi connectivity index (χ2n) is 5.54. The van der Waals surface area contributed by atoms with Gasteiger partial charge in [-0.1, -0.05) is 17.7 Å². The van der Waals surface area contributed by atoms with Crippen molar-refractivity contribution in [2.24, 2.45) is 5.73 Å². The van der Waals surface area contributed by atoms with Gasteiger partial charge in [0, 0.05) is 24.7 Å². The van der Waals surface area contributed by atoms with Crippen molar-refractivity contribution in [2.75, 3.05) is 0 Å². The molecule has 0 aliphatic carbocycles. The number of benzene rings is 1. The number of fused-ring (bicyclic) bond motifs is 2. The van der Waals surface area contributed by atoms with Crippen LogP contribution in [0.4, 0.5) is 4.39 Å². The molecule has 0 aromatic heterocycles. The van der Waals surface area contributed by atoms with E-state index in [1.807, 2.05) is 6.07 Å². The Hall–Kier alpha value is -0.640. The monoisotopic (exact) mass is 268 g/mol. The molecule has 2 fully saturated rings. The highest BCUT2D eigenvalue weighted by atomic mass is 35.5. The van der Waals surface area contributed by atoms with Crippen molar-refractivity contribution < 1.29 is 4.39 Å². The summed E-state index contributed by atoms with van der Waals surface area (Å²) in [4.78, 5) is 2.52. The highest BCUT2D eigenvalue weighted by molar-refractivity contribution is 6.30. The normalized spacial score (nSPS) is 31.8. The van der Waals surface area contributed by atoms with E-state index in [9.17, 15) is 4.39 Å². The zero-order valence-electron chi connectivity index (χ0n) is 10.3. The Morgan fingerprint density at radius 2 is 1.94 bits per heavy atom. The molecule has 2 N–H and O–H groups in total. The van der Waals surface area contributed by atoms with Crippen molar-refractivity contribution in [1.82, 2.24) is 4.90 Å². The maximum atomic E-state index is 13.1. The number of halogens is 2. The minimum absolute atomic E-state index is 0.216. The van der Waals surface area contributed by atoms with Crippen LogP contribution in [-0.2, 0) is 6.54 Å². The molecule has 2 unspecified atom stereocenters. The highest BCUT2D eigenvalue weighted by Gasteiger charge is 2.39. The Morgan fingerprint density at radius 1 is 1.28 bits per heavy atom. The van der Waals surface area contributed by atoms with Crippen LogP contribution in [0, 0.1) is 5.82 Å². The fraction of sp³-hybridized carbons (Fsp3) is 0.571. The number of nitrogens with zero attached hydrogens (tertiary/aromatic N) is 1. The summed E-state index contributed by atoms with van der Waals surface area (Å²) in [6, 6.07) is 6.58. The molecule has 2 saturated heterocycles. The van der Waals surface area contributed by atoms with E-state index in [-0.39, 0.29) is 10.8 Å². The summed E-state index contributed by atoms with van der Waals surface area (Å²) in [6.07, 6.45) is 4.66. The summed E-state index contributed by atoms with van der Waals surface area (Å²) in [5, 5.41) is 0.216. The van der Waals surface area contributed by atoms with E-state index in [1.165, 1.54) is 18.9 Å². The van der Waals surface area contributed by atoms with Gasteiger partial charge in [0.2, 0.25) is 0 Å². The Bertz CT molecular complexity index is 437. The van der Waals surface area contributed by atoms with Crippen LogP contribution in [0.3, 0.4) is 0 Å². The van der Waals surface area contributed by atoms with E-state index in [1.54, 1.807) is 6.07 Å². The topological polar surface area (TPSA) is 29.3 Å². The number of hydrogen-bond donors (Lipinski definition) is 1. The van der Waals surface area contributed by atoms with E-state index in [4.69, 9.17) is 17.3 Å². The molecule has 0 spiro atoms. The van der Waals surface area contributed by atoms with Gasteiger partial charge in [-0.3, -0.25) is 4.90 Å². The molecule has 0 amide bonds. The van der Waals surface area contributed by atoms with Gasteiger partial charge in [0.05, 0.1) is 5.02 Å². The average Bonchev–Trinajstić information content (AvgIpc) is 2.58. The molecule has 3 rings (SSSR count). The van der Waals surface area contributed by atoms with Crippen LogP contribution < -0.4 is 5.73 Å². The second-order valence-corrected chi connectivity index (χ2v) is 5.94. The summed E-state index contributed by atoms with van der Waals surface area (Å²) >= 11 is 5.83. The van der Waals surface area contributed by atoms with Crippen LogP contribution >= 0.6 is 11.6 Å². The van der Waals surface area contributed by atoms with Gasteiger partial charge in [0.25, 0.3) is 0 Å². The van der Waals surface area contributed by atoms with Crippen LogP contribution in [0.1, 0.15) is 31.2 Å². The van der Waals surface area contributed by atoms with Crippen molar-refractivity contribution in [3.8, 4) is 0 Å². The Balaban J connectivity index is 1.75. The average molecular weight is 269 g/mol. The van der Waals surface area contributed by atoms with Crippen molar-refractivity contribution in [1.29, 1.82) is 0 Å². The SMILES string of the molecule is NC1CC2CCC(C1)N2Cc1ccc(F)c(Cl)c1. The first-order valence-electron chi connectivity index (χ1n) is 6.59. The second kappa shape index (κ2) is 4.80. The maximum absolute atomic E-state index is 13.1. The Morgan fingerprint density at radius 3 is 2.56 bits per heavy atom. The summed E-state index contributed by atoms with van der Waals surface area (Å²) < 4.78 is 13.1. The molecule has 1 aromatic rings. The fourth-order valence-corrected chi connectivity index (χ4v) is 3.63. The number of nitrogens with two attached hydrogens (primary N) is 1. The first-order valence-corrected chi connectivity index (χ1v) is 6.96. The van der Waals surface area contributed by atoms with Crippen molar-refractivity contribution in [3.05, 3.63) is 34.6 Å². The van der Waals surface area contributed by atoms with Crippen LogP contribution in [-0.4, -0.2) is 23.0 Å². The highest BCUT2D eigenvalue weighted by Crippen LogP contribution is 2.36. The lowest BCUT2D eigenvalue weighted by atomic mass is 9.97. The van der Waals surface area contributed by atoms with E-state index in [2.05, 4.69) is 4.90 Å². The molecule has 2 nitrogen and oxygen atoms in total. The summed E-state index contributed by atoms with van der Waals surface area (Å²) in [7, 11) is 0. The minimum Gasteiger partial charge on any atom is -0.328 e. The zero-order valence-corrected chi connectivity index (χ0v) is 11.0. The molecule has 2 aliphatic heterocycles. The fourth-order valence-electron chi connectivity index (χ4n) is 3.42. The van der Waals surface area contributed by atoms with Crippen molar-refractivity contribution in [2.45, 2.75) is 50.4 Å². The molecular weight excluding hydrogens is 251 g/mol. The third-order valence-corrected chi connectivity index (χ3v) is 4.56. The predicted octanol–water partition coefficient (Wildman–Crippen LogP) is 2.93. The maximum Gasteiger partial charge on any atom is 0.141 e. The minimum atomic E-state index is -0.343. The summed E-state index contributed by atoms with van der Waals surface area (Å²) in [5.41, 5.74) is 7.15. The van der Waals surface area contributed by atoms with Gasteiger partial charge < -0.3 is 5.73 Å². The Kier molecular flexibility index (Phi) is 3.31. The molecular formula is C14H18ClFN2. The van der Waals surface area contributed by atoms with Gasteiger partial charge in [-0.2, -0.15) is 0 Å². The van der Waals surface area contributed by atoms with E-state index < -0.39 is 0 Å².